The second-order valence-corrected chi connectivity index (χ2v) is 6.12. The standard InChI is InChI=1S/C16H22N2O2/c17-15-6-5-13(9-14(15)16(19)20)18-8-7-11-3-1-2-4-12(11)10-18/h5-6,9,11-12H,1-4,7-8,10,17H2,(H,19,20). The molecule has 4 heteroatoms. The molecule has 0 spiro atoms. The average Bonchev–Trinajstić information content (AvgIpc) is 2.47. The summed E-state index contributed by atoms with van der Waals surface area (Å²) in [6.45, 7) is 2.10. The Hall–Kier alpha value is -1.71. The maximum Gasteiger partial charge on any atom is 0.337 e. The van der Waals surface area contributed by atoms with Gasteiger partial charge in [0, 0.05) is 24.5 Å². The lowest BCUT2D eigenvalue weighted by Gasteiger charge is -2.42. The molecule has 0 aromatic heterocycles. The van der Waals surface area contributed by atoms with E-state index in [2.05, 4.69) is 4.90 Å². The summed E-state index contributed by atoms with van der Waals surface area (Å²) in [5.41, 5.74) is 7.28. The van der Waals surface area contributed by atoms with E-state index in [4.69, 9.17) is 5.73 Å². The number of nitrogen functional groups attached to an aromatic ring is 1. The summed E-state index contributed by atoms with van der Waals surface area (Å²) in [5, 5.41) is 9.18. The number of piperidine rings is 1. The van der Waals surface area contributed by atoms with E-state index in [0.717, 1.165) is 30.6 Å². The van der Waals surface area contributed by atoms with Crippen LogP contribution in [0.5, 0.6) is 0 Å². The molecule has 3 rings (SSSR count). The van der Waals surface area contributed by atoms with Crippen LogP contribution in [0.1, 0.15) is 42.5 Å². The van der Waals surface area contributed by atoms with Crippen LogP contribution in [-0.4, -0.2) is 24.2 Å². The summed E-state index contributed by atoms with van der Waals surface area (Å²) in [6.07, 6.45) is 6.66. The number of fused-ring (bicyclic) bond motifs is 1. The first-order valence-electron chi connectivity index (χ1n) is 7.53. The normalized spacial score (nSPS) is 26.1. The van der Waals surface area contributed by atoms with Gasteiger partial charge in [-0.1, -0.05) is 19.3 Å². The van der Waals surface area contributed by atoms with Crippen LogP contribution in [0.15, 0.2) is 18.2 Å². The fourth-order valence-electron chi connectivity index (χ4n) is 3.76. The quantitative estimate of drug-likeness (QED) is 0.814. The van der Waals surface area contributed by atoms with Crippen LogP contribution in [-0.2, 0) is 0 Å². The number of anilines is 2. The van der Waals surface area contributed by atoms with Gasteiger partial charge in [-0.25, -0.2) is 4.79 Å². The van der Waals surface area contributed by atoms with Gasteiger partial charge in [-0.2, -0.15) is 0 Å². The van der Waals surface area contributed by atoms with Gasteiger partial charge in [0.05, 0.1) is 5.56 Å². The molecule has 0 amide bonds. The molecule has 20 heavy (non-hydrogen) atoms. The highest BCUT2D eigenvalue weighted by molar-refractivity contribution is 5.94. The van der Waals surface area contributed by atoms with Crippen LogP contribution in [0.4, 0.5) is 11.4 Å². The molecule has 3 N–H and O–H groups in total. The van der Waals surface area contributed by atoms with E-state index >= 15 is 0 Å². The van der Waals surface area contributed by atoms with Gasteiger partial charge in [-0.3, -0.25) is 0 Å². The first-order chi connectivity index (χ1) is 9.65. The Kier molecular flexibility index (Phi) is 3.55. The largest absolute Gasteiger partial charge is 0.478 e. The van der Waals surface area contributed by atoms with Crippen LogP contribution in [0.3, 0.4) is 0 Å². The van der Waals surface area contributed by atoms with Crippen molar-refractivity contribution in [1.29, 1.82) is 0 Å². The van der Waals surface area contributed by atoms with Gasteiger partial charge in [0.2, 0.25) is 0 Å². The Balaban J connectivity index is 1.79. The molecular formula is C16H22N2O2. The highest BCUT2D eigenvalue weighted by atomic mass is 16.4. The van der Waals surface area contributed by atoms with Gasteiger partial charge in [-0.05, 0) is 42.9 Å². The van der Waals surface area contributed by atoms with Crippen molar-refractivity contribution in [3.05, 3.63) is 23.8 Å². The molecule has 0 radical (unpaired) electrons. The number of carbonyl (C=O) groups is 1. The average molecular weight is 274 g/mol. The smallest absolute Gasteiger partial charge is 0.337 e. The third kappa shape index (κ3) is 2.47. The first-order valence-corrected chi connectivity index (χ1v) is 7.53. The third-order valence-electron chi connectivity index (χ3n) is 4.92. The lowest BCUT2D eigenvalue weighted by molar-refractivity contribution is 0.0698. The maximum atomic E-state index is 11.2. The molecule has 1 heterocycles. The summed E-state index contributed by atoms with van der Waals surface area (Å²) >= 11 is 0. The molecule has 1 aliphatic carbocycles. The summed E-state index contributed by atoms with van der Waals surface area (Å²) in [6, 6.07) is 5.39. The zero-order chi connectivity index (χ0) is 14.1. The molecule has 1 aromatic rings. The molecular weight excluding hydrogens is 252 g/mol. The van der Waals surface area contributed by atoms with Gasteiger partial charge in [-0.15, -0.1) is 0 Å². The highest BCUT2D eigenvalue weighted by Crippen LogP contribution is 2.37. The maximum absolute atomic E-state index is 11.2. The Labute approximate surface area is 119 Å². The van der Waals surface area contributed by atoms with E-state index < -0.39 is 5.97 Å². The predicted octanol–water partition coefficient (Wildman–Crippen LogP) is 2.98. The van der Waals surface area contributed by atoms with E-state index in [-0.39, 0.29) is 5.56 Å². The number of nitrogens with two attached hydrogens (primary N) is 1. The van der Waals surface area contributed by atoms with Gasteiger partial charge in [0.25, 0.3) is 0 Å². The molecule has 1 aromatic carbocycles. The minimum Gasteiger partial charge on any atom is -0.478 e. The van der Waals surface area contributed by atoms with Crippen LogP contribution in [0, 0.1) is 11.8 Å². The zero-order valence-electron chi connectivity index (χ0n) is 11.7. The number of carboxylic acid groups (broad SMARTS) is 1. The topological polar surface area (TPSA) is 66.6 Å². The van der Waals surface area contributed by atoms with Crippen molar-refractivity contribution in [2.45, 2.75) is 32.1 Å². The van der Waals surface area contributed by atoms with E-state index in [0.29, 0.717) is 5.69 Å². The van der Waals surface area contributed by atoms with Gasteiger partial charge >= 0.3 is 5.97 Å². The lowest BCUT2D eigenvalue weighted by atomic mass is 9.75. The van der Waals surface area contributed by atoms with Crippen molar-refractivity contribution < 1.29 is 9.90 Å². The minimum absolute atomic E-state index is 0.216. The van der Waals surface area contributed by atoms with Crippen LogP contribution in [0.2, 0.25) is 0 Å². The monoisotopic (exact) mass is 274 g/mol. The Bertz CT molecular complexity index is 515. The molecule has 0 bridgehead atoms. The Morgan fingerprint density at radius 1 is 1.20 bits per heavy atom. The van der Waals surface area contributed by atoms with E-state index in [1.54, 1.807) is 12.1 Å². The molecule has 1 aliphatic heterocycles. The number of benzene rings is 1. The van der Waals surface area contributed by atoms with E-state index in [9.17, 15) is 9.90 Å². The zero-order valence-corrected chi connectivity index (χ0v) is 11.7. The molecule has 1 saturated carbocycles. The Morgan fingerprint density at radius 3 is 2.70 bits per heavy atom. The number of carboxylic acids is 1. The van der Waals surface area contributed by atoms with E-state index in [1.165, 1.54) is 32.1 Å². The number of hydrogen-bond donors (Lipinski definition) is 2. The van der Waals surface area contributed by atoms with Crippen molar-refractivity contribution in [3.63, 3.8) is 0 Å². The molecule has 2 unspecified atom stereocenters. The minimum atomic E-state index is -0.947. The fourth-order valence-corrected chi connectivity index (χ4v) is 3.76. The SMILES string of the molecule is Nc1ccc(N2CCC3CCCCC3C2)cc1C(=O)O. The highest BCUT2D eigenvalue weighted by Gasteiger charge is 2.31. The summed E-state index contributed by atoms with van der Waals surface area (Å²) in [7, 11) is 0. The molecule has 2 aliphatic rings. The summed E-state index contributed by atoms with van der Waals surface area (Å²) in [4.78, 5) is 13.5. The van der Waals surface area contributed by atoms with Crippen LogP contribution < -0.4 is 10.6 Å². The van der Waals surface area contributed by atoms with Crippen molar-refractivity contribution in [2.75, 3.05) is 23.7 Å². The van der Waals surface area contributed by atoms with Gasteiger partial charge in [0.15, 0.2) is 0 Å². The number of rotatable bonds is 2. The fraction of sp³-hybridized carbons (Fsp3) is 0.562. The second kappa shape index (κ2) is 5.35. The van der Waals surface area contributed by atoms with Crippen LogP contribution in [0.25, 0.3) is 0 Å². The predicted molar refractivity (Wildman–Crippen MR) is 80.1 cm³/mol. The first kappa shape index (κ1) is 13.3. The summed E-state index contributed by atoms with van der Waals surface area (Å²) < 4.78 is 0. The molecule has 2 fully saturated rings. The third-order valence-corrected chi connectivity index (χ3v) is 4.92. The summed E-state index contributed by atoms with van der Waals surface area (Å²) in [5.74, 6) is 0.716. The molecule has 1 saturated heterocycles. The lowest BCUT2D eigenvalue weighted by Crippen LogP contribution is -2.41. The second-order valence-electron chi connectivity index (χ2n) is 6.12. The van der Waals surface area contributed by atoms with Gasteiger partial charge < -0.3 is 15.7 Å². The molecule has 2 atom stereocenters. The van der Waals surface area contributed by atoms with Crippen molar-refractivity contribution in [3.8, 4) is 0 Å². The van der Waals surface area contributed by atoms with Crippen molar-refractivity contribution in [1.82, 2.24) is 0 Å². The van der Waals surface area contributed by atoms with E-state index in [1.807, 2.05) is 6.07 Å². The van der Waals surface area contributed by atoms with Crippen molar-refractivity contribution in [2.24, 2.45) is 11.8 Å². The number of nitrogens with zero attached hydrogens (tertiary/aromatic N) is 1. The number of aromatic carboxylic acids is 1. The molecule has 4 nitrogen and oxygen atoms in total. The number of hydrogen-bond acceptors (Lipinski definition) is 3. The molecule has 108 valence electrons. The van der Waals surface area contributed by atoms with Gasteiger partial charge in [0.1, 0.15) is 0 Å². The van der Waals surface area contributed by atoms with Crippen LogP contribution >= 0.6 is 0 Å². The van der Waals surface area contributed by atoms with Crippen molar-refractivity contribution >= 4 is 17.3 Å². The Morgan fingerprint density at radius 2 is 1.95 bits per heavy atom.